The van der Waals surface area contributed by atoms with E-state index in [-0.39, 0.29) is 10.9 Å². The first-order chi connectivity index (χ1) is 7.58. The largest absolute Gasteiger partial charge is 0.247 e. The number of aromatic nitrogens is 2. The first-order valence-electron chi connectivity index (χ1n) is 5.44. The Labute approximate surface area is 104 Å². The van der Waals surface area contributed by atoms with Crippen LogP contribution < -0.4 is 4.68 Å². The van der Waals surface area contributed by atoms with E-state index in [1.165, 1.54) is 15.5 Å². The average Bonchev–Trinajstić information content (AvgIpc) is 2.86. The third kappa shape index (κ3) is 2.33. The SMILES string of the molecule is CC(C)c1c[nH][n+](-c2csc([SH](C)C)c2)c1. The Balaban J connectivity index is 2.28. The van der Waals surface area contributed by atoms with Crippen LogP contribution in [0.2, 0.25) is 0 Å². The summed E-state index contributed by atoms with van der Waals surface area (Å²) in [6.45, 7) is 4.42. The van der Waals surface area contributed by atoms with Crippen molar-refractivity contribution in [1.82, 2.24) is 5.10 Å². The van der Waals surface area contributed by atoms with Gasteiger partial charge in [0, 0.05) is 15.8 Å². The summed E-state index contributed by atoms with van der Waals surface area (Å²) >= 11 is 1.86. The molecule has 0 saturated heterocycles. The molecule has 0 saturated carbocycles. The lowest BCUT2D eigenvalue weighted by Crippen LogP contribution is -2.30. The van der Waals surface area contributed by atoms with Crippen LogP contribution in [0.3, 0.4) is 0 Å². The smallest absolute Gasteiger partial charge is 0.223 e. The summed E-state index contributed by atoms with van der Waals surface area (Å²) in [5.41, 5.74) is 2.60. The van der Waals surface area contributed by atoms with Crippen molar-refractivity contribution in [2.24, 2.45) is 0 Å². The lowest BCUT2D eigenvalue weighted by Gasteiger charge is -2.01. The third-order valence-electron chi connectivity index (χ3n) is 2.61. The van der Waals surface area contributed by atoms with Crippen LogP contribution in [0.25, 0.3) is 5.69 Å². The topological polar surface area (TPSA) is 19.7 Å². The number of H-pyrrole nitrogens is 1. The molecule has 16 heavy (non-hydrogen) atoms. The first-order valence-corrected chi connectivity index (χ1v) is 8.55. The quantitative estimate of drug-likeness (QED) is 0.621. The summed E-state index contributed by atoms with van der Waals surface area (Å²) in [7, 11) is 0.0205. The molecule has 2 aromatic rings. The summed E-state index contributed by atoms with van der Waals surface area (Å²) in [4.78, 5) is 0. The number of thiol groups is 1. The fraction of sp³-hybridized carbons (Fsp3) is 0.417. The number of nitrogens with one attached hydrogen (secondary N) is 1. The molecular formula is C12H19N2S2+. The van der Waals surface area contributed by atoms with Crippen LogP contribution in [-0.2, 0) is 0 Å². The second-order valence-corrected chi connectivity index (χ2v) is 7.95. The Bertz CT molecular complexity index is 425. The summed E-state index contributed by atoms with van der Waals surface area (Å²) in [5, 5.41) is 5.51. The van der Waals surface area contributed by atoms with E-state index in [9.17, 15) is 0 Å². The van der Waals surface area contributed by atoms with E-state index in [0.29, 0.717) is 5.92 Å². The Morgan fingerprint density at radius 3 is 2.62 bits per heavy atom. The van der Waals surface area contributed by atoms with Gasteiger partial charge in [-0.3, -0.25) is 0 Å². The lowest BCUT2D eigenvalue weighted by atomic mass is 10.1. The van der Waals surface area contributed by atoms with Gasteiger partial charge in [-0.1, -0.05) is 18.5 Å². The molecule has 0 aromatic carbocycles. The van der Waals surface area contributed by atoms with E-state index in [4.69, 9.17) is 0 Å². The number of hydrogen-bond acceptors (Lipinski definition) is 1. The Morgan fingerprint density at radius 1 is 1.38 bits per heavy atom. The second-order valence-electron chi connectivity index (χ2n) is 4.46. The van der Waals surface area contributed by atoms with Crippen molar-refractivity contribution in [3.05, 3.63) is 29.4 Å². The minimum absolute atomic E-state index is 0.0205. The lowest BCUT2D eigenvalue weighted by molar-refractivity contribution is -0.655. The second kappa shape index (κ2) is 4.63. The van der Waals surface area contributed by atoms with Crippen LogP contribution >= 0.6 is 22.2 Å². The molecule has 0 spiro atoms. The van der Waals surface area contributed by atoms with Crippen LogP contribution in [0.15, 0.2) is 28.0 Å². The van der Waals surface area contributed by atoms with E-state index in [0.717, 1.165) is 0 Å². The van der Waals surface area contributed by atoms with Gasteiger partial charge in [-0.05, 0) is 18.4 Å². The third-order valence-corrected chi connectivity index (χ3v) is 5.75. The molecule has 0 unspecified atom stereocenters. The molecule has 0 aliphatic carbocycles. The Morgan fingerprint density at radius 2 is 2.12 bits per heavy atom. The molecule has 0 atom stereocenters. The average molecular weight is 255 g/mol. The highest BCUT2D eigenvalue weighted by Crippen LogP contribution is 2.34. The minimum Gasteiger partial charge on any atom is -0.223 e. The molecule has 0 fully saturated rings. The normalized spacial score (nSPS) is 12.2. The van der Waals surface area contributed by atoms with E-state index >= 15 is 0 Å². The van der Waals surface area contributed by atoms with Gasteiger partial charge in [-0.2, -0.15) is 5.10 Å². The van der Waals surface area contributed by atoms with E-state index < -0.39 is 0 Å². The molecule has 2 aromatic heterocycles. The summed E-state index contributed by atoms with van der Waals surface area (Å²) in [5.74, 6) is 0.574. The predicted molar refractivity (Wildman–Crippen MR) is 73.4 cm³/mol. The van der Waals surface area contributed by atoms with Crippen molar-refractivity contribution in [3.8, 4) is 5.69 Å². The van der Waals surface area contributed by atoms with Gasteiger partial charge in [-0.15, -0.1) is 11.3 Å². The molecule has 0 bridgehead atoms. The standard InChI is InChI=1S/C12H18N2S2/c1-9(2)10-6-13-14(7-10)11-5-12(15-8-11)16(3)4/h5-9,16H,1-4H3/p+1. The van der Waals surface area contributed by atoms with Crippen molar-refractivity contribution >= 4 is 22.2 Å². The number of nitrogens with zero attached hydrogens (tertiary/aromatic N) is 1. The molecule has 88 valence electrons. The maximum atomic E-state index is 3.29. The molecule has 2 rings (SSSR count). The number of rotatable bonds is 3. The van der Waals surface area contributed by atoms with Crippen LogP contribution in [-0.4, -0.2) is 17.6 Å². The zero-order chi connectivity index (χ0) is 11.7. The summed E-state index contributed by atoms with van der Waals surface area (Å²) in [6.07, 6.45) is 8.86. The van der Waals surface area contributed by atoms with Gasteiger partial charge in [0.05, 0.1) is 11.6 Å². The molecular weight excluding hydrogens is 236 g/mol. The molecule has 2 nitrogen and oxygen atoms in total. The summed E-state index contributed by atoms with van der Waals surface area (Å²) in [6, 6.07) is 2.29. The van der Waals surface area contributed by atoms with Crippen molar-refractivity contribution in [2.75, 3.05) is 12.5 Å². The fourth-order valence-corrected chi connectivity index (χ4v) is 3.51. The van der Waals surface area contributed by atoms with Gasteiger partial charge in [0.2, 0.25) is 11.9 Å². The fourth-order valence-electron chi connectivity index (χ4n) is 1.51. The Hall–Kier alpha value is -0.740. The van der Waals surface area contributed by atoms with Crippen LogP contribution in [0.4, 0.5) is 0 Å². The van der Waals surface area contributed by atoms with Crippen molar-refractivity contribution < 1.29 is 4.68 Å². The highest BCUT2D eigenvalue weighted by molar-refractivity contribution is 8.17. The molecule has 0 aliphatic heterocycles. The van der Waals surface area contributed by atoms with E-state index in [1.54, 1.807) is 0 Å². The molecule has 0 amide bonds. The van der Waals surface area contributed by atoms with Gasteiger partial charge in [0.1, 0.15) is 0 Å². The van der Waals surface area contributed by atoms with Gasteiger partial charge in [-0.25, -0.2) is 10.9 Å². The molecule has 2 heterocycles. The monoisotopic (exact) mass is 255 g/mol. The molecule has 1 N–H and O–H groups in total. The predicted octanol–water partition coefficient (Wildman–Crippen LogP) is 3.10. The van der Waals surface area contributed by atoms with Gasteiger partial charge >= 0.3 is 0 Å². The maximum Gasteiger partial charge on any atom is 0.247 e. The van der Waals surface area contributed by atoms with Crippen LogP contribution in [0.1, 0.15) is 25.3 Å². The van der Waals surface area contributed by atoms with Crippen molar-refractivity contribution in [2.45, 2.75) is 24.0 Å². The number of thiophene rings is 1. The zero-order valence-electron chi connectivity index (χ0n) is 10.2. The van der Waals surface area contributed by atoms with Gasteiger partial charge in [0.15, 0.2) is 0 Å². The van der Waals surface area contributed by atoms with E-state index in [1.807, 2.05) is 11.3 Å². The van der Waals surface area contributed by atoms with Crippen molar-refractivity contribution in [3.63, 3.8) is 0 Å². The van der Waals surface area contributed by atoms with Crippen LogP contribution in [0.5, 0.6) is 0 Å². The first kappa shape index (κ1) is 11.7. The molecule has 0 aliphatic rings. The number of hydrogen-bond donors (Lipinski definition) is 2. The van der Waals surface area contributed by atoms with E-state index in [2.05, 4.69) is 60.0 Å². The minimum atomic E-state index is 0.0205. The molecule has 0 radical (unpaired) electrons. The summed E-state index contributed by atoms with van der Waals surface area (Å²) < 4.78 is 3.60. The van der Waals surface area contributed by atoms with Gasteiger partial charge in [0.25, 0.3) is 0 Å². The molecule has 4 heteroatoms. The zero-order valence-corrected chi connectivity index (χ0v) is 11.9. The number of aromatic amines is 1. The Kier molecular flexibility index (Phi) is 3.40. The maximum absolute atomic E-state index is 3.29. The highest BCUT2D eigenvalue weighted by Gasteiger charge is 2.14. The van der Waals surface area contributed by atoms with Crippen LogP contribution in [0, 0.1) is 0 Å². The highest BCUT2D eigenvalue weighted by atomic mass is 32.2. The van der Waals surface area contributed by atoms with Crippen molar-refractivity contribution in [1.29, 1.82) is 0 Å². The van der Waals surface area contributed by atoms with Gasteiger partial charge < -0.3 is 0 Å².